The number of hydrogen-bond donors (Lipinski definition) is 2. The minimum Gasteiger partial charge on any atom is -0.492 e. The van der Waals surface area contributed by atoms with E-state index in [1.807, 2.05) is 24.3 Å². The van der Waals surface area contributed by atoms with Crippen LogP contribution in [0.1, 0.15) is 52.4 Å². The van der Waals surface area contributed by atoms with E-state index in [2.05, 4.69) is 10.4 Å². The summed E-state index contributed by atoms with van der Waals surface area (Å²) >= 11 is 0. The molecule has 10 heteroatoms. The second-order valence-electron chi connectivity index (χ2n) is 11.3. The third-order valence-corrected chi connectivity index (χ3v) is 7.32. The van der Waals surface area contributed by atoms with E-state index in [1.165, 1.54) is 12.5 Å². The Morgan fingerprint density at radius 3 is 2.74 bits per heavy atom. The van der Waals surface area contributed by atoms with Gasteiger partial charge in [-0.15, -0.1) is 0 Å². The van der Waals surface area contributed by atoms with Gasteiger partial charge in [0.05, 0.1) is 18.7 Å². The Balaban J connectivity index is 1.22. The lowest BCUT2D eigenvalue weighted by molar-refractivity contribution is -0.134. The molecule has 1 aromatic carbocycles. The van der Waals surface area contributed by atoms with E-state index in [0.717, 1.165) is 25.7 Å². The van der Waals surface area contributed by atoms with Crippen LogP contribution >= 0.6 is 0 Å². The van der Waals surface area contributed by atoms with Gasteiger partial charge in [-0.1, -0.05) is 44.2 Å². The number of amides is 2. The summed E-state index contributed by atoms with van der Waals surface area (Å²) in [6.07, 6.45) is 9.11. The Labute approximate surface area is 228 Å². The number of hydrogen-bond acceptors (Lipinski definition) is 7. The number of benzene rings is 1. The normalized spacial score (nSPS) is 20.5. The molecule has 2 N–H and O–H groups in total. The zero-order valence-electron chi connectivity index (χ0n) is 22.7. The lowest BCUT2D eigenvalue weighted by atomic mass is 9.84. The number of anilines is 1. The van der Waals surface area contributed by atoms with Gasteiger partial charge >= 0.3 is 0 Å². The molecule has 1 fully saturated rings. The van der Waals surface area contributed by atoms with Crippen LogP contribution < -0.4 is 14.8 Å². The van der Waals surface area contributed by atoms with Crippen molar-refractivity contribution in [2.24, 2.45) is 5.92 Å². The van der Waals surface area contributed by atoms with Crippen molar-refractivity contribution in [3.63, 3.8) is 0 Å². The molecule has 0 spiro atoms. The highest BCUT2D eigenvalue weighted by Crippen LogP contribution is 2.32. The number of nitrogens with zero attached hydrogens (tertiary/aromatic N) is 3. The second kappa shape index (κ2) is 11.7. The molecule has 1 saturated carbocycles. The minimum absolute atomic E-state index is 0.223. The Hall–Kier alpha value is -3.53. The Bertz CT molecular complexity index is 1200. The van der Waals surface area contributed by atoms with Gasteiger partial charge in [-0.05, 0) is 38.3 Å². The molecule has 2 amide bonds. The molecule has 210 valence electrons. The van der Waals surface area contributed by atoms with E-state index in [0.29, 0.717) is 48.6 Å². The number of carbonyl (C=O) groups excluding carboxylic acids is 2. The standard InChI is InChI=1S/C29H38N4O6/c1-29(2,36)19-32-13-12-26(31-32)30-28(35)23(14-20-8-4-3-5-9-20)33-16-21(15-27(33)34)37-17-22-18-38-24-10-6-7-11-25(24)39-22/h6-7,10-13,15,20,22-23,36H,3-5,8-9,14,16-19H2,1-2H3,(H,30,31,35)/t22-,23?/m0/s1. The van der Waals surface area contributed by atoms with Crippen LogP contribution in [0.5, 0.6) is 11.5 Å². The first-order valence-electron chi connectivity index (χ1n) is 13.8. The fraction of sp³-hybridized carbons (Fsp3) is 0.552. The van der Waals surface area contributed by atoms with Gasteiger partial charge < -0.3 is 29.5 Å². The first kappa shape index (κ1) is 27.1. The maximum absolute atomic E-state index is 13.5. The van der Waals surface area contributed by atoms with Gasteiger partial charge in [0.2, 0.25) is 5.91 Å². The van der Waals surface area contributed by atoms with Gasteiger partial charge in [-0.2, -0.15) is 5.10 Å². The summed E-state index contributed by atoms with van der Waals surface area (Å²) in [5.74, 6) is 2.16. The average Bonchev–Trinajstić information content (AvgIpc) is 3.50. The molecule has 1 unspecified atom stereocenters. The zero-order valence-corrected chi connectivity index (χ0v) is 22.7. The quantitative estimate of drug-likeness (QED) is 0.476. The van der Waals surface area contributed by atoms with Crippen molar-refractivity contribution in [1.82, 2.24) is 14.7 Å². The van der Waals surface area contributed by atoms with Crippen LogP contribution in [0.25, 0.3) is 0 Å². The van der Waals surface area contributed by atoms with Crippen LogP contribution in [0.4, 0.5) is 5.82 Å². The number of nitrogens with one attached hydrogen (secondary N) is 1. The van der Waals surface area contributed by atoms with Crippen molar-refractivity contribution in [3.05, 3.63) is 48.4 Å². The molecule has 0 bridgehead atoms. The summed E-state index contributed by atoms with van der Waals surface area (Å²) in [6.45, 7) is 4.51. The summed E-state index contributed by atoms with van der Waals surface area (Å²) in [5, 5.41) is 17.4. The van der Waals surface area contributed by atoms with Gasteiger partial charge in [0.15, 0.2) is 23.4 Å². The number of rotatable bonds is 10. The van der Waals surface area contributed by atoms with E-state index in [-0.39, 0.29) is 31.1 Å². The molecular formula is C29H38N4O6. The number of ether oxygens (including phenoxy) is 3. The van der Waals surface area contributed by atoms with Gasteiger partial charge in [-0.25, -0.2) is 0 Å². The summed E-state index contributed by atoms with van der Waals surface area (Å²) in [4.78, 5) is 28.2. The third kappa shape index (κ3) is 7.11. The fourth-order valence-corrected chi connectivity index (χ4v) is 5.45. The van der Waals surface area contributed by atoms with E-state index >= 15 is 0 Å². The molecule has 2 aliphatic heterocycles. The van der Waals surface area contributed by atoms with Crippen molar-refractivity contribution in [2.75, 3.05) is 25.1 Å². The third-order valence-electron chi connectivity index (χ3n) is 7.32. The highest BCUT2D eigenvalue weighted by molar-refractivity contribution is 5.99. The molecule has 5 rings (SSSR count). The number of aliphatic hydroxyl groups is 1. The van der Waals surface area contributed by atoms with Crippen molar-refractivity contribution >= 4 is 17.6 Å². The molecule has 2 atom stereocenters. The average molecular weight is 539 g/mol. The predicted molar refractivity (Wildman–Crippen MR) is 144 cm³/mol. The van der Waals surface area contributed by atoms with Crippen molar-refractivity contribution in [3.8, 4) is 11.5 Å². The van der Waals surface area contributed by atoms with Crippen LogP contribution in [0.15, 0.2) is 48.4 Å². The second-order valence-corrected chi connectivity index (χ2v) is 11.3. The maximum Gasteiger partial charge on any atom is 0.251 e. The molecule has 0 radical (unpaired) electrons. The first-order chi connectivity index (χ1) is 18.7. The lowest BCUT2D eigenvalue weighted by Crippen LogP contribution is -2.46. The Morgan fingerprint density at radius 1 is 1.21 bits per heavy atom. The van der Waals surface area contributed by atoms with E-state index in [4.69, 9.17) is 14.2 Å². The molecule has 1 aliphatic carbocycles. The van der Waals surface area contributed by atoms with E-state index < -0.39 is 11.6 Å². The summed E-state index contributed by atoms with van der Waals surface area (Å²) < 4.78 is 19.3. The van der Waals surface area contributed by atoms with Gasteiger partial charge in [0, 0.05) is 18.3 Å². The van der Waals surface area contributed by atoms with Crippen molar-refractivity contribution < 1.29 is 28.9 Å². The van der Waals surface area contributed by atoms with E-state index in [9.17, 15) is 14.7 Å². The van der Waals surface area contributed by atoms with Crippen LogP contribution in [0, 0.1) is 5.92 Å². The van der Waals surface area contributed by atoms with E-state index in [1.54, 1.807) is 35.7 Å². The largest absolute Gasteiger partial charge is 0.492 e. The highest BCUT2D eigenvalue weighted by Gasteiger charge is 2.36. The van der Waals surface area contributed by atoms with Gasteiger partial charge in [0.25, 0.3) is 5.91 Å². The van der Waals surface area contributed by atoms with Crippen molar-refractivity contribution in [1.29, 1.82) is 0 Å². The SMILES string of the molecule is CC(C)(O)Cn1ccc(NC(=O)C(CC2CCCCC2)N2CC(OC[C@H]3COc4ccccc4O3)=CC2=O)n1. The maximum atomic E-state index is 13.5. The zero-order chi connectivity index (χ0) is 27.4. The van der Waals surface area contributed by atoms with Crippen LogP contribution in [-0.2, 0) is 20.9 Å². The molecule has 0 saturated heterocycles. The number of carbonyl (C=O) groups is 2. The number of aromatic nitrogens is 2. The summed E-state index contributed by atoms with van der Waals surface area (Å²) in [5.41, 5.74) is -0.932. The summed E-state index contributed by atoms with van der Waals surface area (Å²) in [6, 6.07) is 8.55. The molecular weight excluding hydrogens is 500 g/mol. The highest BCUT2D eigenvalue weighted by atomic mass is 16.6. The summed E-state index contributed by atoms with van der Waals surface area (Å²) in [7, 11) is 0. The predicted octanol–water partition coefficient (Wildman–Crippen LogP) is 3.51. The van der Waals surface area contributed by atoms with Crippen LogP contribution in [0.3, 0.4) is 0 Å². The Kier molecular flexibility index (Phi) is 8.11. The molecule has 1 aromatic heterocycles. The minimum atomic E-state index is -0.932. The molecule has 39 heavy (non-hydrogen) atoms. The smallest absolute Gasteiger partial charge is 0.251 e. The Morgan fingerprint density at radius 2 is 1.97 bits per heavy atom. The lowest BCUT2D eigenvalue weighted by Gasteiger charge is -2.31. The number of fused-ring (bicyclic) bond motifs is 1. The molecule has 2 aromatic rings. The number of para-hydroxylation sites is 2. The van der Waals surface area contributed by atoms with Crippen molar-refractivity contribution in [2.45, 2.75) is 76.7 Å². The molecule has 3 heterocycles. The topological polar surface area (TPSA) is 115 Å². The van der Waals surface area contributed by atoms with Crippen LogP contribution in [-0.4, -0.2) is 69.1 Å². The molecule has 3 aliphatic rings. The monoisotopic (exact) mass is 538 g/mol. The molecule has 10 nitrogen and oxygen atoms in total. The van der Waals surface area contributed by atoms with Gasteiger partial charge in [0.1, 0.15) is 25.0 Å². The van der Waals surface area contributed by atoms with Crippen LogP contribution in [0.2, 0.25) is 0 Å². The fourth-order valence-electron chi connectivity index (χ4n) is 5.45. The first-order valence-corrected chi connectivity index (χ1v) is 13.8. The van der Waals surface area contributed by atoms with Gasteiger partial charge in [-0.3, -0.25) is 14.3 Å².